The summed E-state index contributed by atoms with van der Waals surface area (Å²) in [5, 5.41) is 9.38. The van der Waals surface area contributed by atoms with Crippen molar-refractivity contribution in [3.8, 4) is 17.5 Å². The molecule has 6 nitrogen and oxygen atoms in total. The molecule has 31 heavy (non-hydrogen) atoms. The first-order valence-corrected chi connectivity index (χ1v) is 9.17. The smallest absolute Gasteiger partial charge is 0.337 e. The van der Waals surface area contributed by atoms with Crippen molar-refractivity contribution < 1.29 is 22.8 Å². The lowest BCUT2D eigenvalue weighted by atomic mass is 10.1. The molecule has 1 heterocycles. The van der Waals surface area contributed by atoms with Gasteiger partial charge in [0.1, 0.15) is 0 Å². The number of carbonyl (C=O) groups is 2. The summed E-state index contributed by atoms with van der Waals surface area (Å²) in [6, 6.07) is 12.7. The number of nitrogens with one attached hydrogen (secondary N) is 2. The summed E-state index contributed by atoms with van der Waals surface area (Å²) in [6.45, 7) is -0.160. The second-order valence-electron chi connectivity index (χ2n) is 6.14. The zero-order valence-electron chi connectivity index (χ0n) is 15.7. The van der Waals surface area contributed by atoms with Gasteiger partial charge in [-0.05, 0) is 48.5 Å². The minimum absolute atomic E-state index is 0.160. The monoisotopic (exact) mass is 446 g/mol. The van der Waals surface area contributed by atoms with Gasteiger partial charge in [-0.2, -0.15) is 18.3 Å². The number of anilines is 1. The summed E-state index contributed by atoms with van der Waals surface area (Å²) in [6.07, 6.45) is -2.82. The van der Waals surface area contributed by atoms with Crippen LogP contribution in [-0.2, 0) is 15.8 Å². The molecule has 0 radical (unpaired) electrons. The second kappa shape index (κ2) is 9.36. The van der Waals surface area contributed by atoms with Crippen LogP contribution >= 0.6 is 11.6 Å². The number of hydrogen-bond donors (Lipinski definition) is 2. The molecule has 0 spiro atoms. The average Bonchev–Trinajstić information content (AvgIpc) is 3.19. The molecule has 2 aromatic carbocycles. The molecule has 0 fully saturated rings. The fourth-order valence-electron chi connectivity index (χ4n) is 2.39. The maximum atomic E-state index is 12.5. The van der Waals surface area contributed by atoms with Crippen LogP contribution in [0, 0.1) is 11.8 Å². The van der Waals surface area contributed by atoms with E-state index in [2.05, 4.69) is 27.6 Å². The Morgan fingerprint density at radius 3 is 2.32 bits per heavy atom. The third-order valence-corrected chi connectivity index (χ3v) is 4.16. The topological polar surface area (TPSA) is 76.0 Å². The molecule has 0 saturated carbocycles. The fraction of sp³-hybridized carbons (Fsp3) is 0.0952. The van der Waals surface area contributed by atoms with Crippen LogP contribution in [0.3, 0.4) is 0 Å². The van der Waals surface area contributed by atoms with Gasteiger partial charge >= 0.3 is 18.0 Å². The van der Waals surface area contributed by atoms with Gasteiger partial charge < -0.3 is 10.6 Å². The number of carbonyl (C=O) groups excluding carboxylic acids is 2. The summed E-state index contributed by atoms with van der Waals surface area (Å²) >= 11 is 5.84. The van der Waals surface area contributed by atoms with Crippen LogP contribution in [0.4, 0.5) is 19.0 Å². The van der Waals surface area contributed by atoms with Gasteiger partial charge in [-0.1, -0.05) is 23.4 Å². The molecule has 0 aliphatic carbocycles. The molecule has 3 rings (SSSR count). The number of aromatic nitrogens is 2. The van der Waals surface area contributed by atoms with E-state index >= 15 is 0 Å². The van der Waals surface area contributed by atoms with E-state index in [1.807, 2.05) is 0 Å². The number of rotatable bonds is 3. The van der Waals surface area contributed by atoms with Crippen molar-refractivity contribution in [2.24, 2.45) is 0 Å². The Labute approximate surface area is 180 Å². The van der Waals surface area contributed by atoms with Gasteiger partial charge in [0.25, 0.3) is 0 Å². The maximum absolute atomic E-state index is 12.5. The quantitative estimate of drug-likeness (QED) is 0.476. The highest BCUT2D eigenvalue weighted by molar-refractivity contribution is 6.39. The van der Waals surface area contributed by atoms with E-state index in [9.17, 15) is 22.8 Å². The molecule has 3 aromatic rings. The average molecular weight is 447 g/mol. The summed E-state index contributed by atoms with van der Waals surface area (Å²) in [4.78, 5) is 23.8. The predicted octanol–water partition coefficient (Wildman–Crippen LogP) is 3.65. The van der Waals surface area contributed by atoms with E-state index < -0.39 is 23.6 Å². The van der Waals surface area contributed by atoms with Gasteiger partial charge in [-0.3, -0.25) is 9.59 Å². The Morgan fingerprint density at radius 1 is 1.00 bits per heavy atom. The van der Waals surface area contributed by atoms with Crippen LogP contribution in [0.2, 0.25) is 5.02 Å². The SMILES string of the molecule is O=C(NCC#Cc1ccc(C(F)(F)F)cc1)C(=O)Nc1ccn(-c2ccc(Cl)cc2)n1. The molecule has 158 valence electrons. The third kappa shape index (κ3) is 6.10. The fourth-order valence-corrected chi connectivity index (χ4v) is 2.52. The highest BCUT2D eigenvalue weighted by Crippen LogP contribution is 2.28. The number of amides is 2. The van der Waals surface area contributed by atoms with Crippen LogP contribution < -0.4 is 10.6 Å². The second-order valence-corrected chi connectivity index (χ2v) is 6.57. The van der Waals surface area contributed by atoms with Crippen LogP contribution in [0.5, 0.6) is 0 Å². The summed E-state index contributed by atoms with van der Waals surface area (Å²) in [7, 11) is 0. The molecule has 0 atom stereocenters. The Balaban J connectivity index is 1.50. The van der Waals surface area contributed by atoms with Crippen molar-refractivity contribution in [3.05, 3.63) is 76.9 Å². The number of halogens is 4. The Morgan fingerprint density at radius 2 is 1.68 bits per heavy atom. The molecular weight excluding hydrogens is 433 g/mol. The summed E-state index contributed by atoms with van der Waals surface area (Å²) < 4.78 is 39.1. The van der Waals surface area contributed by atoms with Gasteiger partial charge in [-0.15, -0.1) is 0 Å². The third-order valence-electron chi connectivity index (χ3n) is 3.91. The molecule has 10 heteroatoms. The summed E-state index contributed by atoms with van der Waals surface area (Å²) in [5.74, 6) is 3.48. The van der Waals surface area contributed by atoms with Gasteiger partial charge in [0.05, 0.1) is 17.8 Å². The van der Waals surface area contributed by atoms with Crippen LogP contribution in [0.15, 0.2) is 60.8 Å². The lowest BCUT2D eigenvalue weighted by molar-refractivity contribution is -0.137. The number of nitrogens with zero attached hydrogens (tertiary/aromatic N) is 2. The standard InChI is InChI=1S/C21H14ClF3N4O2/c22-16-7-9-17(10-8-16)29-13-11-18(28-29)27-20(31)19(30)26-12-1-2-14-3-5-15(6-4-14)21(23,24)25/h3-11,13H,12H2,(H,26,30)(H,27,28,31). The van der Waals surface area contributed by atoms with E-state index in [0.717, 1.165) is 12.1 Å². The zero-order chi connectivity index (χ0) is 22.4. The Hall–Kier alpha value is -3.77. The van der Waals surface area contributed by atoms with Crippen molar-refractivity contribution in [1.82, 2.24) is 15.1 Å². The first kappa shape index (κ1) is 21.9. The van der Waals surface area contributed by atoms with Crippen molar-refractivity contribution in [2.75, 3.05) is 11.9 Å². The van der Waals surface area contributed by atoms with Gasteiger partial charge in [0, 0.05) is 22.8 Å². The van der Waals surface area contributed by atoms with Crippen LogP contribution in [0.25, 0.3) is 5.69 Å². The minimum atomic E-state index is -4.42. The molecular formula is C21H14ClF3N4O2. The van der Waals surface area contributed by atoms with E-state index in [1.165, 1.54) is 22.9 Å². The lowest BCUT2D eigenvalue weighted by Crippen LogP contribution is -2.35. The predicted molar refractivity (Wildman–Crippen MR) is 109 cm³/mol. The molecule has 2 amide bonds. The van der Waals surface area contributed by atoms with Gasteiger partial charge in [0.2, 0.25) is 0 Å². The number of benzene rings is 2. The number of hydrogen-bond acceptors (Lipinski definition) is 3. The largest absolute Gasteiger partial charge is 0.416 e. The maximum Gasteiger partial charge on any atom is 0.416 e. The lowest BCUT2D eigenvalue weighted by Gasteiger charge is -2.05. The van der Waals surface area contributed by atoms with E-state index in [1.54, 1.807) is 30.5 Å². The van der Waals surface area contributed by atoms with E-state index in [4.69, 9.17) is 11.6 Å². The molecule has 0 aliphatic rings. The zero-order valence-corrected chi connectivity index (χ0v) is 16.5. The van der Waals surface area contributed by atoms with Crippen molar-refractivity contribution in [3.63, 3.8) is 0 Å². The van der Waals surface area contributed by atoms with Crippen molar-refractivity contribution >= 4 is 29.2 Å². The molecule has 0 unspecified atom stereocenters. The first-order valence-electron chi connectivity index (χ1n) is 8.79. The molecule has 1 aromatic heterocycles. The molecule has 0 aliphatic heterocycles. The van der Waals surface area contributed by atoms with E-state index in [-0.39, 0.29) is 12.4 Å². The van der Waals surface area contributed by atoms with Crippen molar-refractivity contribution in [2.45, 2.75) is 6.18 Å². The summed E-state index contributed by atoms with van der Waals surface area (Å²) in [5.41, 5.74) is 0.286. The normalized spacial score (nSPS) is 10.7. The number of alkyl halides is 3. The Bertz CT molecular complexity index is 1140. The molecule has 0 bridgehead atoms. The highest BCUT2D eigenvalue weighted by atomic mass is 35.5. The highest BCUT2D eigenvalue weighted by Gasteiger charge is 2.29. The van der Waals surface area contributed by atoms with E-state index in [0.29, 0.717) is 16.3 Å². The van der Waals surface area contributed by atoms with Crippen LogP contribution in [-0.4, -0.2) is 28.1 Å². The van der Waals surface area contributed by atoms with Gasteiger partial charge in [0.15, 0.2) is 5.82 Å². The van der Waals surface area contributed by atoms with Gasteiger partial charge in [-0.25, -0.2) is 4.68 Å². The molecule has 2 N–H and O–H groups in total. The molecule has 0 saturated heterocycles. The first-order chi connectivity index (χ1) is 14.7. The minimum Gasteiger partial charge on any atom is -0.337 e. The Kier molecular flexibility index (Phi) is 6.62. The van der Waals surface area contributed by atoms with Crippen LogP contribution in [0.1, 0.15) is 11.1 Å². The van der Waals surface area contributed by atoms with Crippen molar-refractivity contribution in [1.29, 1.82) is 0 Å².